The van der Waals surface area contributed by atoms with E-state index < -0.39 is 0 Å². The lowest BCUT2D eigenvalue weighted by Crippen LogP contribution is -2.48. The summed E-state index contributed by atoms with van der Waals surface area (Å²) in [5, 5.41) is 2.12. The van der Waals surface area contributed by atoms with Crippen LogP contribution in [-0.2, 0) is 16.0 Å². The van der Waals surface area contributed by atoms with Crippen molar-refractivity contribution in [2.75, 3.05) is 50.8 Å². The van der Waals surface area contributed by atoms with Crippen LogP contribution in [0.1, 0.15) is 24.4 Å². The number of ether oxygens (including phenoxy) is 1. The molecule has 0 spiro atoms. The molecule has 0 amide bonds. The molecule has 2 aliphatic heterocycles. The molecule has 154 valence electrons. The quantitative estimate of drug-likeness (QED) is 0.705. The molecule has 0 atom stereocenters. The molecule has 2 aliphatic rings. The van der Waals surface area contributed by atoms with Crippen LogP contribution in [0.2, 0.25) is 0 Å². The van der Waals surface area contributed by atoms with Crippen molar-refractivity contribution in [1.29, 1.82) is 0 Å². The third kappa shape index (κ3) is 4.94. The number of carbonyl (C=O) groups excluding carboxylic acids is 1. The number of morpholine rings is 1. The maximum Gasteiger partial charge on any atom is 0.167 e. The lowest BCUT2D eigenvalue weighted by molar-refractivity contribution is -0.126. The van der Waals surface area contributed by atoms with Crippen LogP contribution in [0.15, 0.2) is 41.3 Å². The van der Waals surface area contributed by atoms with Crippen molar-refractivity contribution in [3.05, 3.63) is 51.9 Å². The molecule has 2 aromatic rings. The van der Waals surface area contributed by atoms with Crippen molar-refractivity contribution in [2.45, 2.75) is 20.3 Å². The van der Waals surface area contributed by atoms with E-state index in [1.54, 1.807) is 11.3 Å². The van der Waals surface area contributed by atoms with Crippen molar-refractivity contribution in [3.8, 4) is 0 Å². The fourth-order valence-electron chi connectivity index (χ4n) is 4.09. The number of likely N-dealkylation sites (tertiary alicyclic amines) is 1. The average Bonchev–Trinajstić information content (AvgIpc) is 3.24. The minimum absolute atomic E-state index is 0.239. The van der Waals surface area contributed by atoms with Gasteiger partial charge in [0, 0.05) is 48.6 Å². The fraction of sp³-hybridized carbons (Fsp3) is 0.478. The molecule has 0 saturated carbocycles. The molecular weight excluding hydrogens is 382 g/mol. The van der Waals surface area contributed by atoms with Crippen LogP contribution in [0.4, 0.5) is 5.82 Å². The van der Waals surface area contributed by atoms with Crippen LogP contribution in [0.25, 0.3) is 6.08 Å². The average molecular weight is 412 g/mol. The van der Waals surface area contributed by atoms with E-state index in [1.165, 1.54) is 4.88 Å². The number of Topliss-reactive ketones (excluding diaryl/α,β-unsaturated/α-hetero) is 1. The minimum atomic E-state index is -0.374. The van der Waals surface area contributed by atoms with Gasteiger partial charge in [0.25, 0.3) is 0 Å². The first-order valence-corrected chi connectivity index (χ1v) is 11.2. The highest BCUT2D eigenvalue weighted by molar-refractivity contribution is 7.09. The molecule has 0 aliphatic carbocycles. The maximum absolute atomic E-state index is 13.1. The summed E-state index contributed by atoms with van der Waals surface area (Å²) < 4.78 is 5.44. The number of hydrogen-bond acceptors (Lipinski definition) is 6. The summed E-state index contributed by atoms with van der Waals surface area (Å²) >= 11 is 1.80. The van der Waals surface area contributed by atoms with Crippen LogP contribution in [0.3, 0.4) is 0 Å². The van der Waals surface area contributed by atoms with Crippen LogP contribution in [0, 0.1) is 5.41 Å². The first-order chi connectivity index (χ1) is 14.0. The number of pyridine rings is 1. The lowest BCUT2D eigenvalue weighted by Gasteiger charge is -2.38. The van der Waals surface area contributed by atoms with E-state index in [1.807, 2.05) is 24.3 Å². The van der Waals surface area contributed by atoms with Gasteiger partial charge >= 0.3 is 0 Å². The van der Waals surface area contributed by atoms with E-state index in [0.717, 1.165) is 62.9 Å². The predicted octanol–water partition coefficient (Wildman–Crippen LogP) is 3.52. The minimum Gasteiger partial charge on any atom is -0.378 e. The van der Waals surface area contributed by atoms with E-state index in [9.17, 15) is 4.79 Å². The van der Waals surface area contributed by atoms with Gasteiger partial charge in [-0.15, -0.1) is 11.3 Å². The van der Waals surface area contributed by atoms with Crippen LogP contribution >= 0.6 is 11.3 Å². The summed E-state index contributed by atoms with van der Waals surface area (Å²) in [4.78, 5) is 23.9. The number of carbonyl (C=O) groups is 1. The Balaban J connectivity index is 1.51. The molecular formula is C23H29N3O2S. The Labute approximate surface area is 177 Å². The molecule has 2 fully saturated rings. The van der Waals surface area contributed by atoms with Crippen molar-refractivity contribution in [3.63, 3.8) is 0 Å². The number of anilines is 1. The van der Waals surface area contributed by atoms with Gasteiger partial charge in [-0.2, -0.15) is 0 Å². The van der Waals surface area contributed by atoms with Gasteiger partial charge in [0.1, 0.15) is 5.82 Å². The van der Waals surface area contributed by atoms with Gasteiger partial charge in [0.05, 0.1) is 18.9 Å². The van der Waals surface area contributed by atoms with Crippen molar-refractivity contribution in [2.24, 2.45) is 5.41 Å². The first kappa shape index (κ1) is 20.3. The van der Waals surface area contributed by atoms with Gasteiger partial charge in [-0.3, -0.25) is 9.69 Å². The highest BCUT2D eigenvalue weighted by Gasteiger charge is 2.37. The highest BCUT2D eigenvalue weighted by atomic mass is 32.1. The molecule has 2 aromatic heterocycles. The summed E-state index contributed by atoms with van der Waals surface area (Å²) in [6.45, 7) is 9.75. The Morgan fingerprint density at radius 3 is 2.79 bits per heavy atom. The zero-order valence-electron chi connectivity index (χ0n) is 17.3. The van der Waals surface area contributed by atoms with Gasteiger partial charge in [0.15, 0.2) is 5.78 Å². The summed E-state index contributed by atoms with van der Waals surface area (Å²) in [5.74, 6) is 1.20. The zero-order chi connectivity index (χ0) is 20.3. The normalized spacial score (nSPS) is 21.7. The van der Waals surface area contributed by atoms with Crippen molar-refractivity contribution in [1.82, 2.24) is 9.88 Å². The van der Waals surface area contributed by atoms with E-state index in [4.69, 9.17) is 9.72 Å². The largest absolute Gasteiger partial charge is 0.378 e. The van der Waals surface area contributed by atoms with E-state index in [-0.39, 0.29) is 11.2 Å². The fourth-order valence-corrected chi connectivity index (χ4v) is 4.79. The second-order valence-corrected chi connectivity index (χ2v) is 9.47. The predicted molar refractivity (Wildman–Crippen MR) is 118 cm³/mol. The van der Waals surface area contributed by atoms with Gasteiger partial charge in [-0.1, -0.05) is 26.0 Å². The summed E-state index contributed by atoms with van der Waals surface area (Å²) in [5.41, 5.74) is 1.34. The molecule has 29 heavy (non-hydrogen) atoms. The molecule has 4 rings (SSSR count). The SMILES string of the molecule is CC1(C)CN(CCc2cccs2)C/C(=C/c2cccc(N3CCOCC3)n2)C1=O. The van der Waals surface area contributed by atoms with Crippen LogP contribution in [0.5, 0.6) is 0 Å². The monoisotopic (exact) mass is 411 g/mol. The number of piperidine rings is 1. The zero-order valence-corrected chi connectivity index (χ0v) is 18.1. The number of rotatable bonds is 5. The molecule has 4 heterocycles. The second kappa shape index (κ2) is 8.78. The Morgan fingerprint density at radius 2 is 2.03 bits per heavy atom. The number of nitrogens with zero attached hydrogens (tertiary/aromatic N) is 3. The Bertz CT molecular complexity index is 870. The molecule has 0 radical (unpaired) electrons. The first-order valence-electron chi connectivity index (χ1n) is 10.3. The van der Waals surface area contributed by atoms with Crippen LogP contribution in [-0.4, -0.2) is 61.6 Å². The summed E-state index contributed by atoms with van der Waals surface area (Å²) in [6.07, 6.45) is 3.02. The Kier molecular flexibility index (Phi) is 6.13. The summed E-state index contributed by atoms with van der Waals surface area (Å²) in [7, 11) is 0. The smallest absolute Gasteiger partial charge is 0.167 e. The van der Waals surface area contributed by atoms with Gasteiger partial charge in [-0.05, 0) is 36.1 Å². The standard InChI is InChI=1S/C23H29N3O2S/c1-23(2)17-25(9-8-20-6-4-14-29-20)16-18(22(23)27)15-19-5-3-7-21(24-19)26-10-12-28-13-11-26/h3-7,14-15H,8-13,16-17H2,1-2H3/b18-15-. The topological polar surface area (TPSA) is 45.7 Å². The van der Waals surface area contributed by atoms with Crippen molar-refractivity contribution >= 4 is 29.0 Å². The third-order valence-electron chi connectivity index (χ3n) is 5.59. The molecule has 5 nitrogen and oxygen atoms in total. The number of ketones is 1. The van der Waals surface area contributed by atoms with E-state index >= 15 is 0 Å². The van der Waals surface area contributed by atoms with Gasteiger partial charge < -0.3 is 9.64 Å². The second-order valence-electron chi connectivity index (χ2n) is 8.44. The van der Waals surface area contributed by atoms with Crippen LogP contribution < -0.4 is 4.90 Å². The third-order valence-corrected chi connectivity index (χ3v) is 6.52. The number of thiophene rings is 1. The van der Waals surface area contributed by atoms with E-state index in [0.29, 0.717) is 6.54 Å². The van der Waals surface area contributed by atoms with E-state index in [2.05, 4.69) is 41.2 Å². The highest BCUT2D eigenvalue weighted by Crippen LogP contribution is 2.30. The lowest BCUT2D eigenvalue weighted by atomic mass is 9.79. The van der Waals surface area contributed by atoms with Gasteiger partial charge in [-0.25, -0.2) is 4.98 Å². The molecule has 0 unspecified atom stereocenters. The van der Waals surface area contributed by atoms with Gasteiger partial charge in [0.2, 0.25) is 0 Å². The number of hydrogen-bond donors (Lipinski definition) is 0. The molecule has 6 heteroatoms. The van der Waals surface area contributed by atoms with Crippen molar-refractivity contribution < 1.29 is 9.53 Å². The molecule has 0 N–H and O–H groups in total. The maximum atomic E-state index is 13.1. The Hall–Kier alpha value is -2.02. The summed E-state index contributed by atoms with van der Waals surface area (Å²) in [6, 6.07) is 10.3. The Morgan fingerprint density at radius 1 is 1.21 bits per heavy atom. The molecule has 2 saturated heterocycles. The number of aromatic nitrogens is 1. The molecule has 0 aromatic carbocycles. The molecule has 0 bridgehead atoms.